The molecule has 116 valence electrons. The van der Waals surface area contributed by atoms with Crippen LogP contribution in [0.5, 0.6) is 0 Å². The molecule has 2 rings (SSSR count). The van der Waals surface area contributed by atoms with Gasteiger partial charge in [0.25, 0.3) is 0 Å². The number of ether oxygens (including phenoxy) is 1. The van der Waals surface area contributed by atoms with E-state index in [1.807, 2.05) is 0 Å². The summed E-state index contributed by atoms with van der Waals surface area (Å²) in [5.74, 6) is 0.906. The molecule has 20 heavy (non-hydrogen) atoms. The van der Waals surface area contributed by atoms with Crippen molar-refractivity contribution in [2.24, 2.45) is 11.8 Å². The van der Waals surface area contributed by atoms with E-state index in [1.54, 1.807) is 0 Å². The molecule has 0 spiro atoms. The summed E-state index contributed by atoms with van der Waals surface area (Å²) in [6, 6.07) is 0.749. The van der Waals surface area contributed by atoms with E-state index in [9.17, 15) is 4.79 Å². The van der Waals surface area contributed by atoms with Crippen LogP contribution in [0.4, 0.5) is 0 Å². The van der Waals surface area contributed by atoms with Gasteiger partial charge in [-0.25, -0.2) is 0 Å². The summed E-state index contributed by atoms with van der Waals surface area (Å²) in [4.78, 5) is 13.1. The molecule has 1 heterocycles. The molecule has 1 saturated heterocycles. The molecule has 1 saturated carbocycles. The van der Waals surface area contributed by atoms with Gasteiger partial charge in [-0.15, -0.1) is 0 Å². The third-order valence-corrected chi connectivity index (χ3v) is 5.03. The van der Waals surface area contributed by atoms with Crippen molar-refractivity contribution in [2.45, 2.75) is 64.5 Å². The molecule has 0 aromatic rings. The SMILES string of the molecule is CC1CCC(C)C(N2CCC(OCCC(=O)O)CC2)C1. The van der Waals surface area contributed by atoms with E-state index < -0.39 is 5.97 Å². The first-order chi connectivity index (χ1) is 9.56. The van der Waals surface area contributed by atoms with E-state index in [0.29, 0.717) is 6.61 Å². The highest BCUT2D eigenvalue weighted by Crippen LogP contribution is 2.33. The molecule has 4 heteroatoms. The predicted molar refractivity (Wildman–Crippen MR) is 78.8 cm³/mol. The number of carbonyl (C=O) groups is 1. The third-order valence-electron chi connectivity index (χ3n) is 5.03. The number of hydrogen-bond donors (Lipinski definition) is 1. The topological polar surface area (TPSA) is 49.8 Å². The lowest BCUT2D eigenvalue weighted by molar-refractivity contribution is -0.139. The van der Waals surface area contributed by atoms with Crippen molar-refractivity contribution in [3.05, 3.63) is 0 Å². The van der Waals surface area contributed by atoms with E-state index in [4.69, 9.17) is 9.84 Å². The predicted octanol–water partition coefficient (Wildman–Crippen LogP) is 2.77. The summed E-state index contributed by atoms with van der Waals surface area (Å²) in [6.07, 6.45) is 6.58. The molecule has 0 radical (unpaired) electrons. The summed E-state index contributed by atoms with van der Waals surface area (Å²) >= 11 is 0. The van der Waals surface area contributed by atoms with Crippen LogP contribution in [0.25, 0.3) is 0 Å². The van der Waals surface area contributed by atoms with Gasteiger partial charge in [0, 0.05) is 19.1 Å². The lowest BCUT2D eigenvalue weighted by atomic mass is 9.78. The molecular formula is C16H29NO3. The van der Waals surface area contributed by atoms with Crippen molar-refractivity contribution in [3.63, 3.8) is 0 Å². The minimum Gasteiger partial charge on any atom is -0.481 e. The van der Waals surface area contributed by atoms with Gasteiger partial charge in [0.15, 0.2) is 0 Å². The molecule has 0 aromatic heterocycles. The fraction of sp³-hybridized carbons (Fsp3) is 0.938. The fourth-order valence-corrected chi connectivity index (χ4v) is 3.70. The smallest absolute Gasteiger partial charge is 0.305 e. The van der Waals surface area contributed by atoms with Crippen molar-refractivity contribution in [3.8, 4) is 0 Å². The Bertz CT molecular complexity index is 313. The molecule has 0 bridgehead atoms. The van der Waals surface area contributed by atoms with Crippen LogP contribution in [0.2, 0.25) is 0 Å². The first kappa shape index (κ1) is 15.8. The molecule has 2 fully saturated rings. The van der Waals surface area contributed by atoms with Crippen molar-refractivity contribution < 1.29 is 14.6 Å². The molecule has 0 amide bonds. The molecular weight excluding hydrogens is 254 g/mol. The maximum absolute atomic E-state index is 10.5. The van der Waals surface area contributed by atoms with Crippen LogP contribution in [-0.4, -0.2) is 47.8 Å². The Balaban J connectivity index is 1.72. The Labute approximate surface area is 122 Å². The Kier molecular flexibility index (Phi) is 5.85. The standard InChI is InChI=1S/C16H29NO3/c1-12-3-4-13(2)15(11-12)17-8-5-14(6-9-17)20-10-7-16(18)19/h12-15H,3-11H2,1-2H3,(H,18,19). The second kappa shape index (κ2) is 7.41. The Morgan fingerprint density at radius 1 is 1.20 bits per heavy atom. The highest BCUT2D eigenvalue weighted by Gasteiger charge is 2.32. The number of piperidine rings is 1. The molecule has 3 unspecified atom stereocenters. The van der Waals surface area contributed by atoms with Gasteiger partial charge < -0.3 is 9.84 Å². The lowest BCUT2D eigenvalue weighted by Crippen LogP contribution is -2.48. The summed E-state index contributed by atoms with van der Waals surface area (Å²) in [5, 5.41) is 8.62. The number of rotatable bonds is 5. The van der Waals surface area contributed by atoms with Crippen molar-refractivity contribution >= 4 is 5.97 Å². The van der Waals surface area contributed by atoms with Crippen LogP contribution < -0.4 is 0 Å². The highest BCUT2D eigenvalue weighted by atomic mass is 16.5. The number of carboxylic acid groups (broad SMARTS) is 1. The van der Waals surface area contributed by atoms with Gasteiger partial charge in [-0.1, -0.05) is 20.3 Å². The van der Waals surface area contributed by atoms with Gasteiger partial charge in [-0.05, 0) is 37.5 Å². The quantitative estimate of drug-likeness (QED) is 0.843. The van der Waals surface area contributed by atoms with E-state index in [1.165, 1.54) is 19.3 Å². The van der Waals surface area contributed by atoms with E-state index in [2.05, 4.69) is 18.7 Å². The van der Waals surface area contributed by atoms with E-state index in [-0.39, 0.29) is 12.5 Å². The summed E-state index contributed by atoms with van der Waals surface area (Å²) in [5.41, 5.74) is 0. The Hall–Kier alpha value is -0.610. The van der Waals surface area contributed by atoms with Crippen molar-refractivity contribution in [1.82, 2.24) is 4.90 Å². The largest absolute Gasteiger partial charge is 0.481 e. The number of nitrogens with zero attached hydrogens (tertiary/aromatic N) is 1. The Morgan fingerprint density at radius 3 is 2.55 bits per heavy atom. The van der Waals surface area contributed by atoms with Crippen LogP contribution in [-0.2, 0) is 9.53 Å². The first-order valence-electron chi connectivity index (χ1n) is 8.13. The monoisotopic (exact) mass is 283 g/mol. The average Bonchev–Trinajstić information content (AvgIpc) is 2.42. The van der Waals surface area contributed by atoms with Crippen LogP contribution >= 0.6 is 0 Å². The van der Waals surface area contributed by atoms with Crippen LogP contribution in [0.1, 0.15) is 52.4 Å². The number of carboxylic acids is 1. The van der Waals surface area contributed by atoms with E-state index >= 15 is 0 Å². The van der Waals surface area contributed by atoms with Crippen LogP contribution in [0.3, 0.4) is 0 Å². The van der Waals surface area contributed by atoms with Crippen molar-refractivity contribution in [1.29, 1.82) is 0 Å². The Morgan fingerprint density at radius 2 is 1.90 bits per heavy atom. The molecule has 2 aliphatic rings. The van der Waals surface area contributed by atoms with Gasteiger partial charge in [0.05, 0.1) is 19.1 Å². The van der Waals surface area contributed by atoms with Gasteiger partial charge >= 0.3 is 5.97 Å². The van der Waals surface area contributed by atoms with Crippen LogP contribution in [0.15, 0.2) is 0 Å². The second-order valence-corrected chi connectivity index (χ2v) is 6.71. The maximum Gasteiger partial charge on any atom is 0.305 e. The van der Waals surface area contributed by atoms with E-state index in [0.717, 1.165) is 43.8 Å². The summed E-state index contributed by atoms with van der Waals surface area (Å²) in [6.45, 7) is 7.35. The van der Waals surface area contributed by atoms with Crippen LogP contribution in [0, 0.1) is 11.8 Å². The minimum atomic E-state index is -0.771. The second-order valence-electron chi connectivity index (χ2n) is 6.71. The molecule has 3 atom stereocenters. The lowest BCUT2D eigenvalue weighted by Gasteiger charge is -2.43. The van der Waals surface area contributed by atoms with Crippen molar-refractivity contribution in [2.75, 3.05) is 19.7 Å². The van der Waals surface area contributed by atoms with Gasteiger partial charge in [-0.3, -0.25) is 9.69 Å². The number of hydrogen-bond acceptors (Lipinski definition) is 3. The normalized spacial score (nSPS) is 33.2. The molecule has 1 aliphatic carbocycles. The average molecular weight is 283 g/mol. The summed E-state index contributed by atoms with van der Waals surface area (Å²) in [7, 11) is 0. The fourth-order valence-electron chi connectivity index (χ4n) is 3.70. The molecule has 4 nitrogen and oxygen atoms in total. The third kappa shape index (κ3) is 4.45. The summed E-state index contributed by atoms with van der Waals surface area (Å²) < 4.78 is 5.67. The number of likely N-dealkylation sites (tertiary alicyclic amines) is 1. The van der Waals surface area contributed by atoms with Gasteiger partial charge in [0.2, 0.25) is 0 Å². The van der Waals surface area contributed by atoms with Gasteiger partial charge in [0.1, 0.15) is 0 Å². The number of aliphatic carboxylic acids is 1. The molecule has 0 aromatic carbocycles. The first-order valence-corrected chi connectivity index (χ1v) is 8.13. The molecule has 1 N–H and O–H groups in total. The van der Waals surface area contributed by atoms with Gasteiger partial charge in [-0.2, -0.15) is 0 Å². The zero-order chi connectivity index (χ0) is 14.5. The molecule has 1 aliphatic heterocycles. The zero-order valence-electron chi connectivity index (χ0n) is 12.9. The zero-order valence-corrected chi connectivity index (χ0v) is 12.9. The maximum atomic E-state index is 10.5. The minimum absolute atomic E-state index is 0.122. The highest BCUT2D eigenvalue weighted by molar-refractivity contribution is 5.66.